The van der Waals surface area contributed by atoms with E-state index in [0.717, 1.165) is 46.7 Å². The highest BCUT2D eigenvalue weighted by molar-refractivity contribution is 5.97. The summed E-state index contributed by atoms with van der Waals surface area (Å²) in [5, 5.41) is 4.16. The van der Waals surface area contributed by atoms with Gasteiger partial charge < -0.3 is 15.4 Å². The fourth-order valence-corrected chi connectivity index (χ4v) is 4.29. The van der Waals surface area contributed by atoms with Crippen LogP contribution in [0.1, 0.15) is 40.2 Å². The predicted molar refractivity (Wildman–Crippen MR) is 122 cm³/mol. The van der Waals surface area contributed by atoms with Gasteiger partial charge in [0.25, 0.3) is 5.91 Å². The van der Waals surface area contributed by atoms with E-state index in [2.05, 4.69) is 20.1 Å². The number of nitrogens with two attached hydrogens (primary N) is 1. The maximum atomic E-state index is 13.4. The van der Waals surface area contributed by atoms with Gasteiger partial charge >= 0.3 is 0 Å². The Morgan fingerprint density at radius 2 is 2.09 bits per heavy atom. The van der Waals surface area contributed by atoms with E-state index < -0.39 is 0 Å². The summed E-state index contributed by atoms with van der Waals surface area (Å²) in [5.74, 6) is 0.949. The molecule has 0 spiro atoms. The molecule has 0 bridgehead atoms. The number of pyridine rings is 3. The molecule has 1 aliphatic heterocycles. The first kappa shape index (κ1) is 19.7. The summed E-state index contributed by atoms with van der Waals surface area (Å²) >= 11 is 0. The summed E-state index contributed by atoms with van der Waals surface area (Å²) < 4.78 is 7.65. The van der Waals surface area contributed by atoms with E-state index in [1.54, 1.807) is 10.7 Å². The number of rotatable bonds is 5. The first-order valence-corrected chi connectivity index (χ1v) is 11.1. The number of hydrogen-bond acceptors (Lipinski definition) is 7. The SMILES string of the molecule is Cc1c(-c2cnc3c(c2)C(=O)N(Cc2ncccc2OC2CC2)CC3)ccn2nc(N)nc12. The number of ether oxygens (including phenoxy) is 1. The van der Waals surface area contributed by atoms with Gasteiger partial charge in [0, 0.05) is 42.7 Å². The smallest absolute Gasteiger partial charge is 0.256 e. The number of aromatic nitrogens is 5. The van der Waals surface area contributed by atoms with Crippen molar-refractivity contribution in [1.82, 2.24) is 29.5 Å². The van der Waals surface area contributed by atoms with Gasteiger partial charge in [-0.15, -0.1) is 5.10 Å². The van der Waals surface area contributed by atoms with Crippen molar-refractivity contribution in [2.75, 3.05) is 12.3 Å². The predicted octanol–water partition coefficient (Wildman–Crippen LogP) is 2.82. The molecule has 6 rings (SSSR count). The number of nitrogen functional groups attached to an aromatic ring is 1. The van der Waals surface area contributed by atoms with Crippen LogP contribution in [0.5, 0.6) is 5.75 Å². The Labute approximate surface area is 190 Å². The second-order valence-corrected chi connectivity index (χ2v) is 8.55. The van der Waals surface area contributed by atoms with Gasteiger partial charge in [0.1, 0.15) is 11.4 Å². The Hall–Kier alpha value is -4.01. The number of carbonyl (C=O) groups excluding carboxylic acids is 1. The van der Waals surface area contributed by atoms with Crippen molar-refractivity contribution >= 4 is 17.5 Å². The number of fused-ring (bicyclic) bond motifs is 2. The molecule has 4 aromatic rings. The fourth-order valence-electron chi connectivity index (χ4n) is 4.29. The third-order valence-corrected chi connectivity index (χ3v) is 6.19. The van der Waals surface area contributed by atoms with E-state index in [-0.39, 0.29) is 18.0 Å². The van der Waals surface area contributed by atoms with E-state index in [1.807, 2.05) is 48.5 Å². The highest BCUT2D eigenvalue weighted by Crippen LogP contribution is 2.31. The van der Waals surface area contributed by atoms with Crippen molar-refractivity contribution in [1.29, 1.82) is 0 Å². The molecule has 9 heteroatoms. The maximum absolute atomic E-state index is 13.4. The lowest BCUT2D eigenvalue weighted by molar-refractivity contribution is 0.0721. The third-order valence-electron chi connectivity index (χ3n) is 6.19. The highest BCUT2D eigenvalue weighted by atomic mass is 16.5. The molecule has 0 aromatic carbocycles. The first-order valence-electron chi connectivity index (χ1n) is 11.1. The Morgan fingerprint density at radius 3 is 2.94 bits per heavy atom. The lowest BCUT2D eigenvalue weighted by Gasteiger charge is -2.28. The van der Waals surface area contributed by atoms with Crippen molar-refractivity contribution in [3.8, 4) is 16.9 Å². The zero-order valence-corrected chi connectivity index (χ0v) is 18.2. The summed E-state index contributed by atoms with van der Waals surface area (Å²) in [6.45, 7) is 2.98. The number of nitrogens with zero attached hydrogens (tertiary/aromatic N) is 6. The average Bonchev–Trinajstić information content (AvgIpc) is 3.55. The van der Waals surface area contributed by atoms with Crippen LogP contribution < -0.4 is 10.5 Å². The van der Waals surface area contributed by atoms with Gasteiger partial charge in [0.2, 0.25) is 5.95 Å². The lowest BCUT2D eigenvalue weighted by atomic mass is 9.98. The molecule has 0 saturated heterocycles. The Balaban J connectivity index is 1.31. The second kappa shape index (κ2) is 7.54. The minimum Gasteiger partial charge on any atom is -0.488 e. The van der Waals surface area contributed by atoms with Crippen LogP contribution in [-0.2, 0) is 13.0 Å². The summed E-state index contributed by atoms with van der Waals surface area (Å²) in [4.78, 5) is 28.7. The summed E-state index contributed by atoms with van der Waals surface area (Å²) in [6.07, 6.45) is 8.51. The molecule has 1 amide bonds. The van der Waals surface area contributed by atoms with Crippen LogP contribution in [0, 0.1) is 6.92 Å². The quantitative estimate of drug-likeness (QED) is 0.507. The van der Waals surface area contributed by atoms with Crippen molar-refractivity contribution in [2.24, 2.45) is 0 Å². The average molecular weight is 441 g/mol. The van der Waals surface area contributed by atoms with E-state index >= 15 is 0 Å². The molecule has 1 aliphatic carbocycles. The van der Waals surface area contributed by atoms with Gasteiger partial charge in [0.05, 0.1) is 23.9 Å². The van der Waals surface area contributed by atoms with Gasteiger partial charge in [-0.25, -0.2) is 4.52 Å². The normalized spacial score (nSPS) is 15.7. The van der Waals surface area contributed by atoms with Gasteiger partial charge in [-0.3, -0.25) is 14.8 Å². The summed E-state index contributed by atoms with van der Waals surface area (Å²) in [7, 11) is 0. The van der Waals surface area contributed by atoms with Crippen molar-refractivity contribution in [2.45, 2.75) is 38.8 Å². The van der Waals surface area contributed by atoms with Gasteiger partial charge in [0.15, 0.2) is 5.65 Å². The van der Waals surface area contributed by atoms with Crippen molar-refractivity contribution < 1.29 is 9.53 Å². The van der Waals surface area contributed by atoms with Crippen LogP contribution in [0.4, 0.5) is 5.95 Å². The zero-order valence-electron chi connectivity index (χ0n) is 18.2. The lowest BCUT2D eigenvalue weighted by Crippen LogP contribution is -2.37. The van der Waals surface area contributed by atoms with Crippen molar-refractivity contribution in [3.05, 3.63) is 65.4 Å². The molecule has 2 N–H and O–H groups in total. The number of anilines is 1. The Morgan fingerprint density at radius 1 is 1.21 bits per heavy atom. The molecule has 0 atom stereocenters. The number of amides is 1. The molecule has 9 nitrogen and oxygen atoms in total. The van der Waals surface area contributed by atoms with E-state index in [1.165, 1.54) is 0 Å². The molecule has 33 heavy (non-hydrogen) atoms. The molecular weight excluding hydrogens is 418 g/mol. The summed E-state index contributed by atoms with van der Waals surface area (Å²) in [5.41, 5.74) is 11.4. The molecule has 166 valence electrons. The third kappa shape index (κ3) is 3.55. The topological polar surface area (TPSA) is 112 Å². The first-order chi connectivity index (χ1) is 16.1. The molecule has 4 aromatic heterocycles. The maximum Gasteiger partial charge on any atom is 0.256 e. The fraction of sp³-hybridized carbons (Fsp3) is 0.292. The van der Waals surface area contributed by atoms with E-state index in [4.69, 9.17) is 10.5 Å². The van der Waals surface area contributed by atoms with Crippen molar-refractivity contribution in [3.63, 3.8) is 0 Å². The van der Waals surface area contributed by atoms with Crippen LogP contribution in [-0.4, -0.2) is 48.0 Å². The standard InChI is InChI=1S/C24H23N7O2/c1-14-17(6-10-31-22(14)28-24(25)29-31)15-11-18-19(27-12-15)7-9-30(23(18)32)13-20-21(3-2-8-26-20)33-16-4-5-16/h2-3,6,8,10-12,16H,4-5,7,9,13H2,1H3,(H2,25,29). The number of carbonyl (C=O) groups is 1. The molecular formula is C24H23N7O2. The van der Waals surface area contributed by atoms with Gasteiger partial charge in [-0.2, -0.15) is 4.98 Å². The van der Waals surface area contributed by atoms with Gasteiger partial charge in [-0.1, -0.05) is 0 Å². The Bertz CT molecular complexity index is 1390. The molecule has 0 radical (unpaired) electrons. The van der Waals surface area contributed by atoms with Crippen LogP contribution in [0.15, 0.2) is 42.9 Å². The number of aryl methyl sites for hydroxylation is 1. The zero-order chi connectivity index (χ0) is 22.5. The molecule has 1 saturated carbocycles. The molecule has 2 aliphatic rings. The molecule has 0 unspecified atom stereocenters. The monoisotopic (exact) mass is 441 g/mol. The molecule has 5 heterocycles. The summed E-state index contributed by atoms with van der Waals surface area (Å²) in [6, 6.07) is 7.67. The van der Waals surface area contributed by atoms with Crippen LogP contribution in [0.3, 0.4) is 0 Å². The van der Waals surface area contributed by atoms with Gasteiger partial charge in [-0.05, 0) is 49.6 Å². The highest BCUT2D eigenvalue weighted by Gasteiger charge is 2.29. The van der Waals surface area contributed by atoms with E-state index in [0.29, 0.717) is 30.7 Å². The number of hydrogen-bond donors (Lipinski definition) is 1. The second-order valence-electron chi connectivity index (χ2n) is 8.55. The Kier molecular flexibility index (Phi) is 4.49. The minimum absolute atomic E-state index is 0.0425. The van der Waals surface area contributed by atoms with Crippen LogP contribution in [0.2, 0.25) is 0 Å². The van der Waals surface area contributed by atoms with Crippen LogP contribution >= 0.6 is 0 Å². The minimum atomic E-state index is -0.0425. The largest absolute Gasteiger partial charge is 0.488 e. The van der Waals surface area contributed by atoms with Crippen LogP contribution in [0.25, 0.3) is 16.8 Å². The van der Waals surface area contributed by atoms with E-state index in [9.17, 15) is 4.79 Å². The molecule has 1 fully saturated rings.